The minimum Gasteiger partial charge on any atom is -0.370 e. The predicted molar refractivity (Wildman–Crippen MR) is 120 cm³/mol. The fourth-order valence-electron chi connectivity index (χ4n) is 5.22. The molecule has 1 unspecified atom stereocenters. The zero-order chi connectivity index (χ0) is 21.6. The molecule has 1 saturated carbocycles. The van der Waals surface area contributed by atoms with Crippen molar-refractivity contribution in [1.82, 2.24) is 14.3 Å². The van der Waals surface area contributed by atoms with Gasteiger partial charge in [-0.25, -0.2) is 17.4 Å². The van der Waals surface area contributed by atoms with Crippen LogP contribution in [0.2, 0.25) is 0 Å². The standard InChI is InChI=1S/C23H25N5O2S/c1-27(20-9-17-12-25-13-18(17)10-20)22-19(11-24)14-26-23-21(22)7-8-28(23)31(29,30)15-16-5-3-2-4-6-16/h2-8,14,17-18,20,25H,9-10,12-13,15H2,1H3/t17-,18+,20?. The fourth-order valence-corrected chi connectivity index (χ4v) is 6.63. The Morgan fingerprint density at radius 1 is 1.19 bits per heavy atom. The molecule has 0 bridgehead atoms. The summed E-state index contributed by atoms with van der Waals surface area (Å²) < 4.78 is 27.5. The first-order valence-electron chi connectivity index (χ1n) is 10.6. The van der Waals surface area contributed by atoms with Crippen LogP contribution >= 0.6 is 0 Å². The van der Waals surface area contributed by atoms with Crippen molar-refractivity contribution in [3.63, 3.8) is 0 Å². The van der Waals surface area contributed by atoms with Gasteiger partial charge in [0.1, 0.15) is 6.07 Å². The number of fused-ring (bicyclic) bond motifs is 2. The van der Waals surface area contributed by atoms with Crippen LogP contribution in [-0.4, -0.2) is 43.6 Å². The fraction of sp³-hybridized carbons (Fsp3) is 0.391. The number of rotatable bonds is 5. The molecule has 7 nitrogen and oxygen atoms in total. The van der Waals surface area contributed by atoms with Crippen LogP contribution in [0, 0.1) is 23.2 Å². The Bertz CT molecular complexity index is 1250. The zero-order valence-electron chi connectivity index (χ0n) is 17.4. The molecule has 5 rings (SSSR count). The number of nitriles is 1. The number of anilines is 1. The van der Waals surface area contributed by atoms with Gasteiger partial charge in [0.25, 0.3) is 0 Å². The van der Waals surface area contributed by atoms with E-state index < -0.39 is 10.0 Å². The molecule has 1 saturated heterocycles. The van der Waals surface area contributed by atoms with E-state index in [1.807, 2.05) is 25.2 Å². The summed E-state index contributed by atoms with van der Waals surface area (Å²) in [6.45, 7) is 2.11. The van der Waals surface area contributed by atoms with Crippen molar-refractivity contribution >= 4 is 26.7 Å². The van der Waals surface area contributed by atoms with Crippen LogP contribution in [0.1, 0.15) is 24.0 Å². The first-order chi connectivity index (χ1) is 15.0. The SMILES string of the molecule is CN(c1c(C#N)cnc2c1ccn2S(=O)(=O)Cc1ccccc1)C1C[C@H]2CNC[C@H]2C1. The monoisotopic (exact) mass is 435 g/mol. The highest BCUT2D eigenvalue weighted by atomic mass is 32.2. The number of nitrogens with one attached hydrogen (secondary N) is 1. The second-order valence-corrected chi connectivity index (χ2v) is 10.5. The second kappa shape index (κ2) is 7.66. The summed E-state index contributed by atoms with van der Waals surface area (Å²) in [5.74, 6) is 1.24. The number of nitrogens with zero attached hydrogens (tertiary/aromatic N) is 4. The molecule has 0 amide bonds. The summed E-state index contributed by atoms with van der Waals surface area (Å²) in [4.78, 5) is 6.55. The lowest BCUT2D eigenvalue weighted by molar-refractivity contribution is 0.494. The first kappa shape index (κ1) is 20.0. The average molecular weight is 436 g/mol. The molecule has 0 spiro atoms. The minimum atomic E-state index is -3.65. The molecule has 2 fully saturated rings. The van der Waals surface area contributed by atoms with Crippen molar-refractivity contribution in [2.24, 2.45) is 11.8 Å². The second-order valence-electron chi connectivity index (χ2n) is 8.64. The van der Waals surface area contributed by atoms with Gasteiger partial charge < -0.3 is 10.2 Å². The molecule has 0 radical (unpaired) electrons. The molecule has 1 aliphatic heterocycles. The molecule has 3 heterocycles. The van der Waals surface area contributed by atoms with Crippen LogP contribution in [0.4, 0.5) is 5.69 Å². The van der Waals surface area contributed by atoms with E-state index >= 15 is 0 Å². The van der Waals surface area contributed by atoms with Gasteiger partial charge in [-0.2, -0.15) is 5.26 Å². The smallest absolute Gasteiger partial charge is 0.244 e. The third-order valence-corrected chi connectivity index (χ3v) is 8.39. The van der Waals surface area contributed by atoms with Crippen molar-refractivity contribution in [2.75, 3.05) is 25.0 Å². The molecule has 2 aliphatic rings. The van der Waals surface area contributed by atoms with E-state index in [4.69, 9.17) is 0 Å². The summed E-state index contributed by atoms with van der Waals surface area (Å²) in [7, 11) is -1.63. The molecule has 2 aromatic heterocycles. The van der Waals surface area contributed by atoms with Gasteiger partial charge in [-0.05, 0) is 49.4 Å². The minimum absolute atomic E-state index is 0.108. The zero-order valence-corrected chi connectivity index (χ0v) is 18.2. The topological polar surface area (TPSA) is 91.0 Å². The van der Waals surface area contributed by atoms with Crippen LogP contribution < -0.4 is 10.2 Å². The summed E-state index contributed by atoms with van der Waals surface area (Å²) in [5, 5.41) is 13.9. The normalized spacial score (nSPS) is 23.0. The van der Waals surface area contributed by atoms with Gasteiger partial charge in [-0.1, -0.05) is 30.3 Å². The Hall–Kier alpha value is -2.89. The van der Waals surface area contributed by atoms with Crippen molar-refractivity contribution in [1.29, 1.82) is 5.26 Å². The maximum absolute atomic E-state index is 13.1. The largest absolute Gasteiger partial charge is 0.370 e. The first-order valence-corrected chi connectivity index (χ1v) is 12.2. The molecule has 3 aromatic rings. The van der Waals surface area contributed by atoms with Gasteiger partial charge in [0, 0.05) is 30.9 Å². The highest BCUT2D eigenvalue weighted by Gasteiger charge is 2.39. The van der Waals surface area contributed by atoms with Crippen molar-refractivity contribution in [3.8, 4) is 6.07 Å². The Morgan fingerprint density at radius 2 is 1.90 bits per heavy atom. The van der Waals surface area contributed by atoms with E-state index in [0.29, 0.717) is 34.5 Å². The Labute approximate surface area is 182 Å². The highest BCUT2D eigenvalue weighted by molar-refractivity contribution is 7.89. The third-order valence-electron chi connectivity index (χ3n) is 6.79. The van der Waals surface area contributed by atoms with E-state index in [2.05, 4.69) is 21.3 Å². The summed E-state index contributed by atoms with van der Waals surface area (Å²) in [5.41, 5.74) is 2.35. The van der Waals surface area contributed by atoms with Gasteiger partial charge in [0.2, 0.25) is 10.0 Å². The summed E-state index contributed by atoms with van der Waals surface area (Å²) in [6.07, 6.45) is 5.22. The van der Waals surface area contributed by atoms with Gasteiger partial charge in [-0.15, -0.1) is 0 Å². The lowest BCUT2D eigenvalue weighted by atomic mass is 10.0. The van der Waals surface area contributed by atoms with Crippen LogP contribution in [0.25, 0.3) is 11.0 Å². The number of pyridine rings is 1. The molecule has 8 heteroatoms. The molecule has 31 heavy (non-hydrogen) atoms. The Kier molecular flexibility index (Phi) is 4.95. The molecular formula is C23H25N5O2S. The number of hydrogen-bond acceptors (Lipinski definition) is 6. The lowest BCUT2D eigenvalue weighted by Crippen LogP contribution is -2.32. The van der Waals surface area contributed by atoms with Crippen LogP contribution in [0.3, 0.4) is 0 Å². The number of aromatic nitrogens is 2. The molecular weight excluding hydrogens is 410 g/mol. The van der Waals surface area contributed by atoms with Crippen molar-refractivity contribution in [3.05, 3.63) is 59.9 Å². The maximum atomic E-state index is 13.1. The van der Waals surface area contributed by atoms with Crippen molar-refractivity contribution in [2.45, 2.75) is 24.6 Å². The van der Waals surface area contributed by atoms with E-state index in [9.17, 15) is 13.7 Å². The lowest BCUT2D eigenvalue weighted by Gasteiger charge is -2.29. The molecule has 160 valence electrons. The van der Waals surface area contributed by atoms with Gasteiger partial charge in [-0.3, -0.25) is 0 Å². The molecule has 1 N–H and O–H groups in total. The predicted octanol–water partition coefficient (Wildman–Crippen LogP) is 2.72. The Morgan fingerprint density at radius 3 is 2.58 bits per heavy atom. The summed E-state index contributed by atoms with van der Waals surface area (Å²) in [6, 6.07) is 13.5. The molecule has 1 aliphatic carbocycles. The third kappa shape index (κ3) is 3.48. The van der Waals surface area contributed by atoms with Crippen LogP contribution in [0.5, 0.6) is 0 Å². The van der Waals surface area contributed by atoms with E-state index in [1.165, 1.54) is 10.2 Å². The van der Waals surface area contributed by atoms with Crippen LogP contribution in [0.15, 0.2) is 48.8 Å². The van der Waals surface area contributed by atoms with E-state index in [-0.39, 0.29) is 5.75 Å². The van der Waals surface area contributed by atoms with Gasteiger partial charge in [0.15, 0.2) is 5.65 Å². The van der Waals surface area contributed by atoms with Gasteiger partial charge in [0.05, 0.1) is 17.0 Å². The molecule has 1 aromatic carbocycles. The van der Waals surface area contributed by atoms with Gasteiger partial charge >= 0.3 is 0 Å². The maximum Gasteiger partial charge on any atom is 0.244 e. The number of hydrogen-bond donors (Lipinski definition) is 1. The van der Waals surface area contributed by atoms with E-state index in [1.54, 1.807) is 24.4 Å². The highest BCUT2D eigenvalue weighted by Crippen LogP contribution is 2.40. The quantitative estimate of drug-likeness (QED) is 0.663. The average Bonchev–Trinajstić information content (AvgIpc) is 3.47. The van der Waals surface area contributed by atoms with E-state index in [0.717, 1.165) is 37.2 Å². The van der Waals surface area contributed by atoms with Crippen molar-refractivity contribution < 1.29 is 8.42 Å². The Balaban J connectivity index is 1.54. The summed E-state index contributed by atoms with van der Waals surface area (Å²) >= 11 is 0. The molecule has 3 atom stereocenters. The van der Waals surface area contributed by atoms with Crippen LogP contribution in [-0.2, 0) is 15.8 Å². The number of benzene rings is 1.